The van der Waals surface area contributed by atoms with Crippen LogP contribution in [-0.2, 0) is 0 Å². The van der Waals surface area contributed by atoms with Crippen LogP contribution in [0, 0.1) is 0 Å². The van der Waals surface area contributed by atoms with Gasteiger partial charge in [-0.2, -0.15) is 0 Å². The van der Waals surface area contributed by atoms with Crippen LogP contribution in [0.15, 0.2) is 21.9 Å². The van der Waals surface area contributed by atoms with Crippen LogP contribution in [0.3, 0.4) is 0 Å². The second-order valence-corrected chi connectivity index (χ2v) is 4.12. The first kappa shape index (κ1) is 11.4. The zero-order chi connectivity index (χ0) is 11.9. The molecule has 0 atom stereocenters. The van der Waals surface area contributed by atoms with E-state index >= 15 is 0 Å². The molecule has 0 radical (unpaired) electrons. The van der Waals surface area contributed by atoms with Crippen molar-refractivity contribution in [1.29, 1.82) is 0 Å². The lowest BCUT2D eigenvalue weighted by atomic mass is 10.3. The van der Waals surface area contributed by atoms with Gasteiger partial charge in [0.25, 0.3) is 11.0 Å². The van der Waals surface area contributed by atoms with E-state index in [-0.39, 0.29) is 26.1 Å². The highest BCUT2D eigenvalue weighted by Gasteiger charge is 2.10. The lowest BCUT2D eigenvalue weighted by Gasteiger charge is -2.00. The average molecular weight is 277 g/mol. The Balaban J connectivity index is 3.10. The Morgan fingerprint density at radius 3 is 2.50 bits per heavy atom. The highest BCUT2D eigenvalue weighted by molar-refractivity contribution is 6.50. The third kappa shape index (κ3) is 1.80. The van der Waals surface area contributed by atoms with Gasteiger partial charge in [0.2, 0.25) is 0 Å². The summed E-state index contributed by atoms with van der Waals surface area (Å²) in [5.41, 5.74) is -1.08. The van der Waals surface area contributed by atoms with Crippen molar-refractivity contribution in [2.45, 2.75) is 0 Å². The quantitative estimate of drug-likeness (QED) is 0.593. The molecule has 1 aromatic carbocycles. The van der Waals surface area contributed by atoms with Crippen molar-refractivity contribution in [2.24, 2.45) is 0 Å². The van der Waals surface area contributed by atoms with E-state index in [1.807, 2.05) is 0 Å². The van der Waals surface area contributed by atoms with Crippen molar-refractivity contribution < 1.29 is 0 Å². The molecule has 0 aliphatic carbocycles. The minimum atomic E-state index is -0.794. The lowest BCUT2D eigenvalue weighted by molar-refractivity contribution is 1.28. The highest BCUT2D eigenvalue weighted by Crippen LogP contribution is 2.34. The van der Waals surface area contributed by atoms with Crippen LogP contribution in [0.25, 0.3) is 11.0 Å². The lowest BCUT2D eigenvalue weighted by Crippen LogP contribution is -2.22. The van der Waals surface area contributed by atoms with E-state index in [1.54, 1.807) is 0 Å². The summed E-state index contributed by atoms with van der Waals surface area (Å²) in [5.74, 6) is 0. The van der Waals surface area contributed by atoms with E-state index in [1.165, 1.54) is 6.07 Å². The van der Waals surface area contributed by atoms with E-state index in [2.05, 4.69) is 9.97 Å². The molecule has 0 amide bonds. The number of aromatic amines is 1. The number of fused-ring (bicyclic) bond motifs is 1. The van der Waals surface area contributed by atoms with Crippen LogP contribution in [0.5, 0.6) is 0 Å². The predicted molar refractivity (Wildman–Crippen MR) is 63.7 cm³/mol. The van der Waals surface area contributed by atoms with Crippen molar-refractivity contribution >= 4 is 45.8 Å². The van der Waals surface area contributed by atoms with Crippen LogP contribution in [0.4, 0.5) is 0 Å². The van der Waals surface area contributed by atoms with Gasteiger partial charge in [-0.3, -0.25) is 9.59 Å². The largest absolute Gasteiger partial charge is 0.317 e. The Labute approximate surface area is 104 Å². The third-order valence-corrected chi connectivity index (χ3v) is 3.17. The molecule has 1 heterocycles. The second kappa shape index (κ2) is 4.05. The number of hydrogen-bond acceptors (Lipinski definition) is 3. The maximum atomic E-state index is 11.2. The van der Waals surface area contributed by atoms with Crippen LogP contribution in [0.2, 0.25) is 15.1 Å². The fourth-order valence-corrected chi connectivity index (χ4v) is 1.82. The maximum absolute atomic E-state index is 11.2. The summed E-state index contributed by atoms with van der Waals surface area (Å²) in [5, 5.41) is 0.397. The average Bonchev–Trinajstić information content (AvgIpc) is 2.37. The molecule has 1 N–H and O–H groups in total. The fraction of sp³-hybridized carbons (Fsp3) is 0. The SMILES string of the molecule is O=c1cnc2c(Cl)c(Cl)c(Cl)cc2[nH]c1=O. The normalized spacial score (nSPS) is 10.7. The molecule has 0 bridgehead atoms. The van der Waals surface area contributed by atoms with Crippen LogP contribution in [-0.4, -0.2) is 9.97 Å². The Bertz CT molecular complexity index is 697. The Hall–Kier alpha value is -1.10. The van der Waals surface area contributed by atoms with Gasteiger partial charge in [-0.1, -0.05) is 34.8 Å². The molecule has 0 saturated carbocycles. The molecular weight excluding hydrogens is 274 g/mol. The van der Waals surface area contributed by atoms with Gasteiger partial charge < -0.3 is 4.98 Å². The van der Waals surface area contributed by atoms with E-state index in [0.29, 0.717) is 0 Å². The van der Waals surface area contributed by atoms with E-state index in [0.717, 1.165) is 6.20 Å². The molecule has 2 aromatic rings. The van der Waals surface area contributed by atoms with Crippen LogP contribution in [0.1, 0.15) is 0 Å². The van der Waals surface area contributed by atoms with Crippen molar-refractivity contribution in [2.75, 3.05) is 0 Å². The monoisotopic (exact) mass is 276 g/mol. The number of halogens is 3. The van der Waals surface area contributed by atoms with Gasteiger partial charge in [0.15, 0.2) is 0 Å². The molecule has 1 aromatic heterocycles. The zero-order valence-electron chi connectivity index (χ0n) is 7.55. The molecule has 2 rings (SSSR count). The number of aromatic nitrogens is 2. The standard InChI is InChI=1S/C9H3Cl3N2O2/c10-3-1-4-8(7(12)6(3)11)13-2-5(15)9(16)14-4/h1-2H,(H,14,15,16). The maximum Gasteiger partial charge on any atom is 0.297 e. The number of H-pyrrole nitrogens is 1. The first-order valence-electron chi connectivity index (χ1n) is 4.07. The molecule has 16 heavy (non-hydrogen) atoms. The smallest absolute Gasteiger partial charge is 0.297 e. The molecule has 0 unspecified atom stereocenters. The summed E-state index contributed by atoms with van der Waals surface area (Å²) >= 11 is 17.5. The van der Waals surface area contributed by atoms with Crippen molar-refractivity contribution in [3.63, 3.8) is 0 Å². The van der Waals surface area contributed by atoms with Gasteiger partial charge >= 0.3 is 0 Å². The first-order chi connectivity index (χ1) is 7.50. The van der Waals surface area contributed by atoms with E-state index in [4.69, 9.17) is 34.8 Å². The first-order valence-corrected chi connectivity index (χ1v) is 5.21. The number of nitrogens with zero attached hydrogens (tertiary/aromatic N) is 1. The summed E-state index contributed by atoms with van der Waals surface area (Å²) in [7, 11) is 0. The van der Waals surface area contributed by atoms with Crippen molar-refractivity contribution in [3.05, 3.63) is 47.9 Å². The van der Waals surface area contributed by atoms with Gasteiger partial charge in [0.1, 0.15) is 5.52 Å². The Kier molecular flexibility index (Phi) is 2.88. The Morgan fingerprint density at radius 2 is 1.81 bits per heavy atom. The molecule has 0 spiro atoms. The minimum Gasteiger partial charge on any atom is -0.317 e. The molecule has 0 fully saturated rings. The molecular formula is C9H3Cl3N2O2. The van der Waals surface area contributed by atoms with E-state index in [9.17, 15) is 9.59 Å². The summed E-state index contributed by atoms with van der Waals surface area (Å²) in [4.78, 5) is 28.4. The zero-order valence-corrected chi connectivity index (χ0v) is 9.82. The van der Waals surface area contributed by atoms with Crippen LogP contribution < -0.4 is 11.0 Å². The third-order valence-electron chi connectivity index (χ3n) is 1.92. The predicted octanol–water partition coefficient (Wildman–Crippen LogP) is 2.24. The summed E-state index contributed by atoms with van der Waals surface area (Å²) in [6, 6.07) is 1.39. The topological polar surface area (TPSA) is 62.8 Å². The molecule has 7 heteroatoms. The molecule has 0 aliphatic rings. The second-order valence-electron chi connectivity index (χ2n) is 2.96. The fourth-order valence-electron chi connectivity index (χ4n) is 1.17. The van der Waals surface area contributed by atoms with Crippen molar-refractivity contribution in [3.8, 4) is 0 Å². The summed E-state index contributed by atoms with van der Waals surface area (Å²) in [6.45, 7) is 0. The van der Waals surface area contributed by atoms with Gasteiger partial charge in [-0.25, -0.2) is 4.98 Å². The Morgan fingerprint density at radius 1 is 1.12 bits per heavy atom. The number of hydrogen-bond donors (Lipinski definition) is 1. The van der Waals surface area contributed by atoms with Gasteiger partial charge in [-0.15, -0.1) is 0 Å². The van der Waals surface area contributed by atoms with Crippen molar-refractivity contribution in [1.82, 2.24) is 9.97 Å². The van der Waals surface area contributed by atoms with Crippen LogP contribution >= 0.6 is 34.8 Å². The molecule has 82 valence electrons. The van der Waals surface area contributed by atoms with Gasteiger partial charge in [0, 0.05) is 0 Å². The number of nitrogens with one attached hydrogen (secondary N) is 1. The number of benzene rings is 1. The minimum absolute atomic E-state index is 0.0930. The molecule has 0 aliphatic heterocycles. The van der Waals surface area contributed by atoms with Gasteiger partial charge in [0.05, 0.1) is 26.8 Å². The summed E-state index contributed by atoms with van der Waals surface area (Å²) < 4.78 is 0. The summed E-state index contributed by atoms with van der Waals surface area (Å²) in [6.07, 6.45) is 0.886. The molecule has 0 saturated heterocycles. The van der Waals surface area contributed by atoms with Gasteiger partial charge in [-0.05, 0) is 6.07 Å². The number of rotatable bonds is 0. The van der Waals surface area contributed by atoms with E-state index < -0.39 is 11.0 Å². The highest BCUT2D eigenvalue weighted by atomic mass is 35.5. The molecule has 4 nitrogen and oxygen atoms in total.